The fourth-order valence-electron chi connectivity index (χ4n) is 5.85. The summed E-state index contributed by atoms with van der Waals surface area (Å²) < 4.78 is 11.6. The van der Waals surface area contributed by atoms with Crippen LogP contribution in [0.2, 0.25) is 0 Å². The molecule has 0 spiro atoms. The number of carboxylic acid groups (broad SMARTS) is 1. The van der Waals surface area contributed by atoms with E-state index in [4.69, 9.17) is 9.47 Å². The predicted molar refractivity (Wildman–Crippen MR) is 104 cm³/mol. The third-order valence-corrected chi connectivity index (χ3v) is 6.96. The van der Waals surface area contributed by atoms with Gasteiger partial charge in [0, 0.05) is 12.8 Å². The zero-order valence-electron chi connectivity index (χ0n) is 18.1. The number of carbonyl (C=O) groups is 2. The highest BCUT2D eigenvalue weighted by molar-refractivity contribution is 5.73. The number of hydrogen-bond acceptors (Lipinski definition) is 4. The molecule has 0 aromatic rings. The van der Waals surface area contributed by atoms with E-state index < -0.39 is 17.5 Å². The van der Waals surface area contributed by atoms with Crippen LogP contribution >= 0.6 is 0 Å². The van der Waals surface area contributed by atoms with Crippen LogP contribution in [0, 0.1) is 28.1 Å². The summed E-state index contributed by atoms with van der Waals surface area (Å²) in [7, 11) is 0. The van der Waals surface area contributed by atoms with Crippen LogP contribution in [0.3, 0.4) is 0 Å². The number of fused-ring (bicyclic) bond motifs is 1. The first-order valence-corrected chi connectivity index (χ1v) is 10.3. The Morgan fingerprint density at radius 1 is 1.15 bits per heavy atom. The molecular weight excluding hydrogens is 344 g/mol. The average molecular weight is 383 g/mol. The Hall–Kier alpha value is -1.10. The molecule has 2 saturated carbocycles. The van der Waals surface area contributed by atoms with Crippen LogP contribution in [0.15, 0.2) is 0 Å². The monoisotopic (exact) mass is 382 g/mol. The standard InChI is InChI=1S/C22H38O5/c1-14(23)27-16-9-8-12-22(7)15(16)10-11-17(22)21(5,6)13-26-18(19(24)25)20(2,3)4/h15-18H,8-13H2,1-7H3,(H,24,25)/t15-,16-,17-,18?,22-/m1/s1. The van der Waals surface area contributed by atoms with Gasteiger partial charge in [0.05, 0.1) is 6.61 Å². The van der Waals surface area contributed by atoms with Crippen LogP contribution < -0.4 is 0 Å². The van der Waals surface area contributed by atoms with Gasteiger partial charge in [0.1, 0.15) is 6.10 Å². The van der Waals surface area contributed by atoms with Crippen LogP contribution in [0.1, 0.15) is 80.6 Å². The van der Waals surface area contributed by atoms with Gasteiger partial charge in [-0.1, -0.05) is 41.5 Å². The molecule has 0 aromatic carbocycles. The lowest BCUT2D eigenvalue weighted by atomic mass is 9.58. The van der Waals surface area contributed by atoms with Gasteiger partial charge in [-0.2, -0.15) is 0 Å². The van der Waals surface area contributed by atoms with Crippen molar-refractivity contribution in [3.8, 4) is 0 Å². The van der Waals surface area contributed by atoms with Crippen molar-refractivity contribution in [3.63, 3.8) is 0 Å². The minimum Gasteiger partial charge on any atom is -0.479 e. The second kappa shape index (κ2) is 7.73. The van der Waals surface area contributed by atoms with Crippen molar-refractivity contribution in [2.24, 2.45) is 28.1 Å². The van der Waals surface area contributed by atoms with Gasteiger partial charge >= 0.3 is 11.9 Å². The number of ether oxygens (including phenoxy) is 2. The zero-order chi connectivity index (χ0) is 20.6. The van der Waals surface area contributed by atoms with Crippen molar-refractivity contribution in [2.45, 2.75) is 92.8 Å². The molecule has 5 atom stereocenters. The van der Waals surface area contributed by atoms with E-state index in [-0.39, 0.29) is 22.9 Å². The second-order valence-electron chi connectivity index (χ2n) is 10.7. The molecule has 0 bridgehead atoms. The summed E-state index contributed by atoms with van der Waals surface area (Å²) in [6.45, 7) is 14.3. The number of aliphatic carboxylic acids is 1. The van der Waals surface area contributed by atoms with Crippen LogP contribution in [-0.2, 0) is 19.1 Å². The lowest BCUT2D eigenvalue weighted by Crippen LogP contribution is -2.47. The van der Waals surface area contributed by atoms with Crippen LogP contribution in [0.4, 0.5) is 0 Å². The third kappa shape index (κ3) is 4.67. The molecule has 1 N–H and O–H groups in total. The highest BCUT2D eigenvalue weighted by atomic mass is 16.5. The van der Waals surface area contributed by atoms with Crippen molar-refractivity contribution < 1.29 is 24.2 Å². The van der Waals surface area contributed by atoms with E-state index >= 15 is 0 Å². The molecule has 0 radical (unpaired) electrons. The molecule has 0 saturated heterocycles. The summed E-state index contributed by atoms with van der Waals surface area (Å²) in [5, 5.41) is 9.55. The minimum atomic E-state index is -0.901. The molecule has 5 nitrogen and oxygen atoms in total. The Morgan fingerprint density at radius 2 is 1.78 bits per heavy atom. The third-order valence-electron chi connectivity index (χ3n) is 6.96. The van der Waals surface area contributed by atoms with Gasteiger partial charge in [-0.05, 0) is 54.3 Å². The van der Waals surface area contributed by atoms with E-state index in [1.54, 1.807) is 0 Å². The number of carbonyl (C=O) groups excluding carboxylic acids is 1. The maximum atomic E-state index is 11.6. The van der Waals surface area contributed by atoms with Gasteiger partial charge in [0.25, 0.3) is 0 Å². The van der Waals surface area contributed by atoms with Crippen LogP contribution in [-0.4, -0.2) is 35.9 Å². The van der Waals surface area contributed by atoms with Gasteiger partial charge in [0.15, 0.2) is 6.10 Å². The molecule has 0 amide bonds. The van der Waals surface area contributed by atoms with E-state index in [0.29, 0.717) is 18.4 Å². The van der Waals surface area contributed by atoms with E-state index in [2.05, 4.69) is 20.8 Å². The second-order valence-corrected chi connectivity index (χ2v) is 10.7. The first kappa shape index (κ1) is 22.2. The van der Waals surface area contributed by atoms with Crippen molar-refractivity contribution in [1.82, 2.24) is 0 Å². The quantitative estimate of drug-likeness (QED) is 0.676. The van der Waals surface area contributed by atoms with E-state index in [1.807, 2.05) is 20.8 Å². The van der Waals surface area contributed by atoms with Crippen molar-refractivity contribution in [2.75, 3.05) is 6.61 Å². The lowest BCUT2D eigenvalue weighted by Gasteiger charge is -2.49. The van der Waals surface area contributed by atoms with E-state index in [1.165, 1.54) is 6.92 Å². The molecule has 0 aromatic heterocycles. The van der Waals surface area contributed by atoms with Gasteiger partial charge in [-0.25, -0.2) is 4.79 Å². The Morgan fingerprint density at radius 3 is 2.30 bits per heavy atom. The number of esters is 1. The minimum absolute atomic E-state index is 0.0179. The number of carboxylic acids is 1. The summed E-state index contributed by atoms with van der Waals surface area (Å²) in [4.78, 5) is 23.2. The molecule has 1 unspecified atom stereocenters. The molecule has 0 aliphatic heterocycles. The Bertz CT molecular complexity index is 562. The Balaban J connectivity index is 2.14. The van der Waals surface area contributed by atoms with Crippen LogP contribution in [0.25, 0.3) is 0 Å². The first-order valence-electron chi connectivity index (χ1n) is 10.3. The maximum absolute atomic E-state index is 11.6. The summed E-state index contributed by atoms with van der Waals surface area (Å²) in [6, 6.07) is 0. The van der Waals surface area contributed by atoms with Gasteiger partial charge in [0.2, 0.25) is 0 Å². The molecule has 2 aliphatic carbocycles. The molecule has 5 heteroatoms. The van der Waals surface area contributed by atoms with Crippen molar-refractivity contribution in [3.05, 3.63) is 0 Å². The number of hydrogen-bond donors (Lipinski definition) is 1. The molecule has 27 heavy (non-hydrogen) atoms. The summed E-state index contributed by atoms with van der Waals surface area (Å²) in [6.07, 6.45) is 4.48. The van der Waals surface area contributed by atoms with Crippen molar-refractivity contribution >= 4 is 11.9 Å². The molecule has 156 valence electrons. The largest absolute Gasteiger partial charge is 0.479 e. The SMILES string of the molecule is CC(=O)O[C@@H]1CCC[C@]2(C)[C@@H]1CC[C@@H]2C(C)(C)COC(C(=O)O)C(C)(C)C. The Kier molecular flexibility index (Phi) is 6.35. The molecule has 0 heterocycles. The van der Waals surface area contributed by atoms with Gasteiger partial charge < -0.3 is 14.6 Å². The number of rotatable bonds is 6. The summed E-state index contributed by atoms with van der Waals surface area (Å²) >= 11 is 0. The fourth-order valence-corrected chi connectivity index (χ4v) is 5.85. The molecule has 2 fully saturated rings. The first-order chi connectivity index (χ1) is 12.3. The predicted octanol–water partition coefficient (Wildman–Crippen LogP) is 4.68. The topological polar surface area (TPSA) is 72.8 Å². The highest BCUT2D eigenvalue weighted by Gasteiger charge is 2.56. The van der Waals surface area contributed by atoms with E-state index in [0.717, 1.165) is 32.1 Å². The summed E-state index contributed by atoms with van der Waals surface area (Å²) in [5.41, 5.74) is -0.485. The van der Waals surface area contributed by atoms with E-state index in [9.17, 15) is 14.7 Å². The van der Waals surface area contributed by atoms with Crippen LogP contribution in [0.5, 0.6) is 0 Å². The Labute approximate surface area is 164 Å². The van der Waals surface area contributed by atoms with Gasteiger partial charge in [-0.15, -0.1) is 0 Å². The fraction of sp³-hybridized carbons (Fsp3) is 0.909. The molecule has 2 rings (SSSR count). The van der Waals surface area contributed by atoms with Crippen molar-refractivity contribution in [1.29, 1.82) is 0 Å². The molecule has 2 aliphatic rings. The maximum Gasteiger partial charge on any atom is 0.333 e. The molecular formula is C22H38O5. The zero-order valence-corrected chi connectivity index (χ0v) is 18.1. The summed E-state index contributed by atoms with van der Waals surface area (Å²) in [5.74, 6) is -0.286. The highest BCUT2D eigenvalue weighted by Crippen LogP contribution is 2.61. The smallest absolute Gasteiger partial charge is 0.333 e. The lowest BCUT2D eigenvalue weighted by molar-refractivity contribution is -0.165. The van der Waals surface area contributed by atoms with Gasteiger partial charge in [-0.3, -0.25) is 4.79 Å². The average Bonchev–Trinajstić information content (AvgIpc) is 2.83. The normalized spacial score (nSPS) is 32.6.